The number of nitrogen functional groups attached to an aromatic ring is 1. The molecule has 0 amide bonds. The fraction of sp³-hybridized carbons (Fsp3) is 0.364. The quantitative estimate of drug-likeness (QED) is 0.726. The maximum atomic E-state index is 5.81. The van der Waals surface area contributed by atoms with Gasteiger partial charge in [-0.05, 0) is 0 Å². The molecule has 0 bridgehead atoms. The standard InChI is InChI=1S/C11H15ClN6/c1-11(2,3)6-4-7(18-17-6)16-10-8(13)9(12)14-5-15-10/h4-5H,13H2,1-3H3,(H2,14,15,16,17,18). The van der Waals surface area contributed by atoms with Crippen LogP contribution >= 0.6 is 11.6 Å². The third-order valence-electron chi connectivity index (χ3n) is 2.47. The van der Waals surface area contributed by atoms with E-state index in [1.807, 2.05) is 6.07 Å². The lowest BCUT2D eigenvalue weighted by Crippen LogP contribution is -2.11. The van der Waals surface area contributed by atoms with Crippen molar-refractivity contribution < 1.29 is 0 Å². The van der Waals surface area contributed by atoms with Gasteiger partial charge in [0.2, 0.25) is 0 Å². The van der Waals surface area contributed by atoms with Crippen molar-refractivity contribution in [2.24, 2.45) is 0 Å². The number of hydrogen-bond acceptors (Lipinski definition) is 5. The van der Waals surface area contributed by atoms with Crippen molar-refractivity contribution in [3.05, 3.63) is 23.2 Å². The molecule has 0 unspecified atom stereocenters. The lowest BCUT2D eigenvalue weighted by molar-refractivity contribution is 0.567. The molecule has 0 fully saturated rings. The first kappa shape index (κ1) is 12.6. The van der Waals surface area contributed by atoms with E-state index in [-0.39, 0.29) is 10.6 Å². The number of aromatic amines is 1. The van der Waals surface area contributed by atoms with Crippen molar-refractivity contribution in [2.45, 2.75) is 26.2 Å². The number of halogens is 1. The molecule has 0 aliphatic heterocycles. The number of aromatic nitrogens is 4. The maximum Gasteiger partial charge on any atom is 0.159 e. The third kappa shape index (κ3) is 2.53. The summed E-state index contributed by atoms with van der Waals surface area (Å²) in [5.74, 6) is 1.09. The van der Waals surface area contributed by atoms with Gasteiger partial charge in [0.25, 0.3) is 0 Å². The molecule has 18 heavy (non-hydrogen) atoms. The minimum Gasteiger partial charge on any atom is -0.393 e. The molecule has 2 aromatic heterocycles. The number of H-pyrrole nitrogens is 1. The number of nitrogens with two attached hydrogens (primary N) is 1. The SMILES string of the molecule is CC(C)(C)c1cc(Nc2ncnc(Cl)c2N)n[nH]1. The average molecular weight is 267 g/mol. The summed E-state index contributed by atoms with van der Waals surface area (Å²) in [7, 11) is 0. The zero-order chi connectivity index (χ0) is 13.3. The molecule has 0 saturated heterocycles. The van der Waals surface area contributed by atoms with Crippen LogP contribution < -0.4 is 11.1 Å². The highest BCUT2D eigenvalue weighted by atomic mass is 35.5. The van der Waals surface area contributed by atoms with Crippen molar-refractivity contribution in [1.29, 1.82) is 0 Å². The van der Waals surface area contributed by atoms with Crippen molar-refractivity contribution in [2.75, 3.05) is 11.1 Å². The molecule has 0 aliphatic rings. The summed E-state index contributed by atoms with van der Waals surface area (Å²) < 4.78 is 0. The first-order valence-corrected chi connectivity index (χ1v) is 5.84. The molecule has 0 saturated carbocycles. The Balaban J connectivity index is 2.24. The molecule has 0 aromatic carbocycles. The van der Waals surface area contributed by atoms with E-state index in [9.17, 15) is 0 Å². The predicted molar refractivity (Wildman–Crippen MR) is 72.0 cm³/mol. The summed E-state index contributed by atoms with van der Waals surface area (Å²) >= 11 is 5.81. The third-order valence-corrected chi connectivity index (χ3v) is 2.77. The second kappa shape index (κ2) is 4.45. The van der Waals surface area contributed by atoms with Crippen molar-refractivity contribution in [1.82, 2.24) is 20.2 Å². The van der Waals surface area contributed by atoms with Crippen LogP contribution in [0.1, 0.15) is 26.5 Å². The lowest BCUT2D eigenvalue weighted by Gasteiger charge is -2.14. The van der Waals surface area contributed by atoms with E-state index in [4.69, 9.17) is 17.3 Å². The summed E-state index contributed by atoms with van der Waals surface area (Å²) in [5, 5.41) is 10.3. The van der Waals surface area contributed by atoms with Crippen molar-refractivity contribution in [3.8, 4) is 0 Å². The fourth-order valence-electron chi connectivity index (χ4n) is 1.36. The molecule has 4 N–H and O–H groups in total. The molecule has 96 valence electrons. The number of rotatable bonds is 2. The first-order chi connectivity index (χ1) is 8.38. The predicted octanol–water partition coefficient (Wildman–Crippen LogP) is 2.48. The van der Waals surface area contributed by atoms with E-state index in [0.29, 0.717) is 17.3 Å². The Morgan fingerprint density at radius 1 is 1.33 bits per heavy atom. The number of nitrogens with one attached hydrogen (secondary N) is 2. The highest BCUT2D eigenvalue weighted by Gasteiger charge is 2.17. The Hall–Kier alpha value is -1.82. The van der Waals surface area contributed by atoms with Crippen LogP contribution in [0.25, 0.3) is 0 Å². The van der Waals surface area contributed by atoms with Gasteiger partial charge in [-0.25, -0.2) is 9.97 Å². The van der Waals surface area contributed by atoms with E-state index in [1.165, 1.54) is 6.33 Å². The topological polar surface area (TPSA) is 92.5 Å². The second-order valence-electron chi connectivity index (χ2n) is 4.97. The molecule has 0 aliphatic carbocycles. The van der Waals surface area contributed by atoms with E-state index in [0.717, 1.165) is 5.69 Å². The van der Waals surface area contributed by atoms with Crippen LogP contribution in [0, 0.1) is 0 Å². The molecule has 2 rings (SSSR count). The van der Waals surface area contributed by atoms with Gasteiger partial charge in [-0.2, -0.15) is 5.10 Å². The lowest BCUT2D eigenvalue weighted by atomic mass is 9.92. The smallest absolute Gasteiger partial charge is 0.159 e. The van der Waals surface area contributed by atoms with Gasteiger partial charge in [-0.3, -0.25) is 5.10 Å². The van der Waals surface area contributed by atoms with Gasteiger partial charge < -0.3 is 11.1 Å². The number of anilines is 3. The highest BCUT2D eigenvalue weighted by molar-refractivity contribution is 6.32. The van der Waals surface area contributed by atoms with Gasteiger partial charge in [0.15, 0.2) is 16.8 Å². The average Bonchev–Trinajstić information content (AvgIpc) is 2.73. The number of hydrogen-bond donors (Lipinski definition) is 3. The Morgan fingerprint density at radius 3 is 2.67 bits per heavy atom. The Morgan fingerprint density at radius 2 is 2.06 bits per heavy atom. The van der Waals surface area contributed by atoms with E-state index < -0.39 is 0 Å². The van der Waals surface area contributed by atoms with E-state index >= 15 is 0 Å². The molecule has 2 aromatic rings. The fourth-order valence-corrected chi connectivity index (χ4v) is 1.50. The van der Waals surface area contributed by atoms with Crippen LogP contribution in [0.5, 0.6) is 0 Å². The van der Waals surface area contributed by atoms with Crippen LogP contribution in [0.4, 0.5) is 17.3 Å². The maximum absolute atomic E-state index is 5.81. The van der Waals surface area contributed by atoms with Crippen molar-refractivity contribution >= 4 is 28.9 Å². The second-order valence-corrected chi connectivity index (χ2v) is 5.33. The van der Waals surface area contributed by atoms with Crippen LogP contribution in [-0.4, -0.2) is 20.2 Å². The van der Waals surface area contributed by atoms with E-state index in [2.05, 4.69) is 46.3 Å². The monoisotopic (exact) mass is 266 g/mol. The Labute approximate surface area is 110 Å². The highest BCUT2D eigenvalue weighted by Crippen LogP contribution is 2.27. The minimum atomic E-state index is 0.00178. The number of nitrogens with zero attached hydrogens (tertiary/aromatic N) is 3. The van der Waals surface area contributed by atoms with Crippen LogP contribution in [-0.2, 0) is 5.41 Å². The van der Waals surface area contributed by atoms with Gasteiger partial charge in [-0.1, -0.05) is 32.4 Å². The summed E-state index contributed by atoms with van der Waals surface area (Å²) in [6, 6.07) is 1.91. The minimum absolute atomic E-state index is 0.00178. The van der Waals surface area contributed by atoms with Gasteiger partial charge in [-0.15, -0.1) is 0 Å². The molecule has 0 radical (unpaired) electrons. The van der Waals surface area contributed by atoms with Gasteiger partial charge in [0.1, 0.15) is 12.0 Å². The van der Waals surface area contributed by atoms with Gasteiger partial charge in [0.05, 0.1) is 0 Å². The molecular formula is C11H15ClN6. The molecule has 0 atom stereocenters. The molecule has 2 heterocycles. The summed E-state index contributed by atoms with van der Waals surface area (Å²) in [6.45, 7) is 6.29. The molecule has 6 nitrogen and oxygen atoms in total. The molecule has 7 heteroatoms. The van der Waals surface area contributed by atoms with Crippen LogP contribution in [0.3, 0.4) is 0 Å². The Bertz CT molecular complexity index is 557. The van der Waals surface area contributed by atoms with Crippen LogP contribution in [0.15, 0.2) is 12.4 Å². The van der Waals surface area contributed by atoms with Gasteiger partial charge >= 0.3 is 0 Å². The van der Waals surface area contributed by atoms with E-state index in [1.54, 1.807) is 0 Å². The first-order valence-electron chi connectivity index (χ1n) is 5.47. The summed E-state index contributed by atoms with van der Waals surface area (Å²) in [6.07, 6.45) is 1.35. The summed E-state index contributed by atoms with van der Waals surface area (Å²) in [5.41, 5.74) is 7.09. The zero-order valence-electron chi connectivity index (χ0n) is 10.5. The molecule has 0 spiro atoms. The Kier molecular flexibility index (Phi) is 3.13. The van der Waals surface area contributed by atoms with Crippen LogP contribution in [0.2, 0.25) is 5.15 Å². The largest absolute Gasteiger partial charge is 0.393 e. The van der Waals surface area contributed by atoms with Gasteiger partial charge in [0, 0.05) is 17.2 Å². The molecular weight excluding hydrogens is 252 g/mol. The summed E-state index contributed by atoms with van der Waals surface area (Å²) in [4.78, 5) is 7.81. The van der Waals surface area contributed by atoms with Crippen molar-refractivity contribution in [3.63, 3.8) is 0 Å². The normalized spacial score (nSPS) is 11.6. The zero-order valence-corrected chi connectivity index (χ0v) is 11.2.